The van der Waals surface area contributed by atoms with Crippen molar-refractivity contribution in [2.24, 2.45) is 7.05 Å². The number of aryl methyl sites for hydroxylation is 1. The highest BCUT2D eigenvalue weighted by Gasteiger charge is 2.48. The molecule has 66 heavy (non-hydrogen) atoms. The second-order valence-corrected chi connectivity index (χ2v) is 16.0. The molecule has 0 radical (unpaired) electrons. The van der Waals surface area contributed by atoms with Gasteiger partial charge < -0.3 is 53.9 Å². The topological polar surface area (TPSA) is 228 Å². The molecule has 3 aliphatic heterocycles. The van der Waals surface area contributed by atoms with Gasteiger partial charge in [-0.25, -0.2) is 19.5 Å². The van der Waals surface area contributed by atoms with Crippen LogP contribution in [0.3, 0.4) is 0 Å². The third-order valence-electron chi connectivity index (χ3n) is 11.3. The van der Waals surface area contributed by atoms with Gasteiger partial charge in [0.05, 0.1) is 31.0 Å². The van der Waals surface area contributed by atoms with E-state index in [2.05, 4.69) is 39.1 Å². The van der Waals surface area contributed by atoms with Gasteiger partial charge in [-0.1, -0.05) is 36.9 Å². The van der Waals surface area contributed by atoms with Crippen LogP contribution < -0.4 is 30.3 Å². The third-order valence-corrected chi connectivity index (χ3v) is 11.3. The van der Waals surface area contributed by atoms with Crippen LogP contribution in [0, 0.1) is 0 Å². The Kier molecular flexibility index (Phi) is 13.4. The molecule has 3 unspecified atom stereocenters. The second kappa shape index (κ2) is 19.6. The van der Waals surface area contributed by atoms with Crippen molar-refractivity contribution >= 4 is 63.7 Å². The number of nitrogens with zero attached hydrogens (tertiary/aromatic N) is 4. The number of methoxy groups -OCH3 is 1. The Morgan fingerprint density at radius 1 is 1.02 bits per heavy atom. The monoisotopic (exact) mass is 902 g/mol. The number of carbonyl (C=O) groups is 5. The van der Waals surface area contributed by atoms with Crippen molar-refractivity contribution in [3.05, 3.63) is 103 Å². The number of fused-ring (bicyclic) bond motifs is 3. The lowest BCUT2D eigenvalue weighted by Gasteiger charge is -2.37. The fourth-order valence-electron chi connectivity index (χ4n) is 8.23. The molecule has 19 nitrogen and oxygen atoms in total. The predicted octanol–water partition coefficient (Wildman–Crippen LogP) is 7.50. The molecule has 2 aromatic heterocycles. The van der Waals surface area contributed by atoms with Gasteiger partial charge in [0.15, 0.2) is 29.8 Å². The summed E-state index contributed by atoms with van der Waals surface area (Å²) < 4.78 is 30.3. The number of anilines is 4. The van der Waals surface area contributed by atoms with Crippen molar-refractivity contribution in [1.82, 2.24) is 19.4 Å². The molecule has 344 valence electrons. The van der Waals surface area contributed by atoms with Gasteiger partial charge >= 0.3 is 12.2 Å². The molecule has 0 aliphatic carbocycles. The van der Waals surface area contributed by atoms with Gasteiger partial charge in [0, 0.05) is 66.9 Å². The van der Waals surface area contributed by atoms with Crippen molar-refractivity contribution < 1.29 is 52.8 Å². The van der Waals surface area contributed by atoms with E-state index in [1.807, 2.05) is 30.3 Å². The van der Waals surface area contributed by atoms with Crippen molar-refractivity contribution in [2.45, 2.75) is 57.1 Å². The van der Waals surface area contributed by atoms with E-state index in [-0.39, 0.29) is 78.8 Å². The number of ether oxygens (including phenoxy) is 5. The molecule has 5 aromatic rings. The summed E-state index contributed by atoms with van der Waals surface area (Å²) in [4.78, 5) is 75.6. The Labute approximate surface area is 379 Å². The largest absolute Gasteiger partial charge is 0.493 e. The summed E-state index contributed by atoms with van der Waals surface area (Å²) in [5.41, 5.74) is 4.65. The van der Waals surface area contributed by atoms with Crippen molar-refractivity contribution in [1.29, 1.82) is 0 Å². The smallest absolute Gasteiger partial charge is 0.414 e. The standard InChI is InChI=1S/C47H50N8O11/c1-5-17-65-46(59)49-31-15-16-33-29(21-31)22-34(50-33)28-11-13-30(14-12-28)48-43(57)42-52-39(26-53(42)3)51-40(56)9-8-19-63-38-24-35-32(23-37(38)62-4)44(58)54-25-27(2)20-36(54)45(55(35)47(60)61)66-41-10-6-7-18-64-41/h5,11-16,21-24,26,36,41,45,50H,1-2,6-10,17-20,25H2,3-4H3,(H,48,57)(H,49,59)(H,51,56)(H,60,61). The zero-order valence-electron chi connectivity index (χ0n) is 36.5. The number of nitrogens with one attached hydrogen (secondary N) is 4. The number of carboxylic acid groups (broad SMARTS) is 1. The average molecular weight is 903 g/mol. The van der Waals surface area contributed by atoms with Crippen molar-refractivity contribution in [3.8, 4) is 22.8 Å². The molecule has 19 heteroatoms. The molecular formula is C47H50N8O11. The van der Waals surface area contributed by atoms with Gasteiger partial charge in [-0.2, -0.15) is 0 Å². The number of aromatic nitrogens is 3. The summed E-state index contributed by atoms with van der Waals surface area (Å²) >= 11 is 0. The summed E-state index contributed by atoms with van der Waals surface area (Å²) in [5, 5.41) is 19.7. The van der Waals surface area contributed by atoms with Crippen molar-refractivity contribution in [3.63, 3.8) is 0 Å². The van der Waals surface area contributed by atoms with E-state index in [4.69, 9.17) is 23.7 Å². The Morgan fingerprint density at radius 3 is 2.56 bits per heavy atom. The van der Waals surface area contributed by atoms with Gasteiger partial charge in [0.25, 0.3) is 11.8 Å². The minimum Gasteiger partial charge on any atom is -0.493 e. The SMILES string of the molecule is C=CCOC(=O)Nc1ccc2[nH]c(-c3ccc(NC(=O)c4nc(NC(=O)CCCOc5cc6c(cc5OC)C(=O)N5CC(=C)CC5C(OC5CCCCO5)N6C(=O)O)cn4C)cc3)cc2c1. The molecule has 5 amide bonds. The molecule has 3 atom stereocenters. The third kappa shape index (κ3) is 9.86. The number of aromatic amines is 1. The minimum absolute atomic E-state index is 0.0223. The van der Waals surface area contributed by atoms with Crippen LogP contribution in [0.25, 0.3) is 22.2 Å². The number of benzene rings is 3. The highest BCUT2D eigenvalue weighted by Crippen LogP contribution is 2.43. The van der Waals surface area contributed by atoms with Gasteiger partial charge in [-0.05, 0) is 80.1 Å². The van der Waals surface area contributed by atoms with E-state index in [1.54, 1.807) is 30.1 Å². The summed E-state index contributed by atoms with van der Waals surface area (Å²) in [7, 11) is 3.06. The van der Waals surface area contributed by atoms with Crippen molar-refractivity contribution in [2.75, 3.05) is 54.3 Å². The van der Waals surface area contributed by atoms with Gasteiger partial charge in [-0.15, -0.1) is 0 Å². The number of hydrogen-bond donors (Lipinski definition) is 5. The fraction of sp³-hybridized carbons (Fsp3) is 0.319. The van der Waals surface area contributed by atoms with Gasteiger partial charge in [-0.3, -0.25) is 19.7 Å². The Balaban J connectivity index is 0.864. The Bertz CT molecular complexity index is 2690. The van der Waals surface area contributed by atoms with Gasteiger partial charge in [0.2, 0.25) is 11.7 Å². The minimum atomic E-state index is -1.32. The quantitative estimate of drug-likeness (QED) is 0.0508. The van der Waals surface area contributed by atoms with E-state index < -0.39 is 36.7 Å². The zero-order chi connectivity index (χ0) is 46.5. The molecule has 2 saturated heterocycles. The molecular weight excluding hydrogens is 853 g/mol. The lowest BCUT2D eigenvalue weighted by Crippen LogP contribution is -2.53. The van der Waals surface area contributed by atoms with Crippen LogP contribution in [-0.2, 0) is 26.1 Å². The number of carbonyl (C=O) groups excluding carboxylic acids is 4. The van der Waals surface area contributed by atoms with Crippen LogP contribution in [0.4, 0.5) is 32.5 Å². The molecule has 0 bridgehead atoms. The maximum atomic E-state index is 14.0. The van der Waals surface area contributed by atoms with Crippen LogP contribution in [0.1, 0.15) is 59.5 Å². The molecule has 8 rings (SSSR count). The summed E-state index contributed by atoms with van der Waals surface area (Å²) in [6, 6.07) is 16.9. The zero-order valence-corrected chi connectivity index (χ0v) is 36.5. The number of H-pyrrole nitrogens is 1. The number of rotatable bonds is 15. The Morgan fingerprint density at radius 2 is 1.82 bits per heavy atom. The van der Waals surface area contributed by atoms with E-state index in [1.165, 1.54) is 36.1 Å². The number of imidazole rings is 1. The average Bonchev–Trinajstić information content (AvgIpc) is 4.01. The van der Waals surface area contributed by atoms with Gasteiger partial charge in [0.1, 0.15) is 6.61 Å². The second-order valence-electron chi connectivity index (χ2n) is 16.0. The summed E-state index contributed by atoms with van der Waals surface area (Å²) in [6.07, 6.45) is 2.37. The first-order valence-corrected chi connectivity index (χ1v) is 21.4. The maximum absolute atomic E-state index is 14.0. The number of hydrogen-bond acceptors (Lipinski definition) is 11. The molecule has 3 aliphatic rings. The highest BCUT2D eigenvalue weighted by atomic mass is 16.7. The van der Waals surface area contributed by atoms with E-state index >= 15 is 0 Å². The van der Waals surface area contributed by atoms with Crippen LogP contribution in [0.15, 0.2) is 91.7 Å². The van der Waals surface area contributed by atoms with Crippen LogP contribution >= 0.6 is 0 Å². The molecule has 3 aromatic carbocycles. The predicted molar refractivity (Wildman–Crippen MR) is 244 cm³/mol. The van der Waals surface area contributed by atoms with E-state index in [0.29, 0.717) is 30.8 Å². The first-order valence-electron chi connectivity index (χ1n) is 21.4. The van der Waals surface area contributed by atoms with E-state index in [0.717, 1.165) is 45.5 Å². The fourth-order valence-corrected chi connectivity index (χ4v) is 8.23. The van der Waals surface area contributed by atoms with Crippen LogP contribution in [0.2, 0.25) is 0 Å². The lowest BCUT2D eigenvalue weighted by molar-refractivity contribution is -0.195. The molecule has 2 fully saturated rings. The summed E-state index contributed by atoms with van der Waals surface area (Å²) in [5.74, 6) is -0.615. The number of amides is 5. The normalized spacial score (nSPS) is 17.9. The van der Waals surface area contributed by atoms with Crippen LogP contribution in [0.5, 0.6) is 11.5 Å². The maximum Gasteiger partial charge on any atom is 0.414 e. The highest BCUT2D eigenvalue weighted by molar-refractivity contribution is 6.06. The Hall–Kier alpha value is -7.64. The van der Waals surface area contributed by atoms with Crippen LogP contribution in [-0.4, -0.2) is 106 Å². The lowest BCUT2D eigenvalue weighted by atomic mass is 10.1. The first kappa shape index (κ1) is 44.9. The molecule has 0 spiro atoms. The first-order chi connectivity index (χ1) is 31.9. The molecule has 0 saturated carbocycles. The molecule has 5 heterocycles. The molecule has 5 N–H and O–H groups in total. The van der Waals surface area contributed by atoms with E-state index in [9.17, 15) is 29.1 Å². The summed E-state index contributed by atoms with van der Waals surface area (Å²) in [6.45, 7) is 8.49.